The van der Waals surface area contributed by atoms with Crippen molar-refractivity contribution in [3.8, 4) is 0 Å². The molecule has 19 heavy (non-hydrogen) atoms. The second-order valence-corrected chi connectivity index (χ2v) is 5.50. The van der Waals surface area contributed by atoms with Crippen molar-refractivity contribution in [1.29, 1.82) is 0 Å². The first-order chi connectivity index (χ1) is 9.06. The second-order valence-electron chi connectivity index (χ2n) is 4.75. The number of methoxy groups -OCH3 is 1. The summed E-state index contributed by atoms with van der Waals surface area (Å²) >= 11 is 3.50. The highest BCUT2D eigenvalue weighted by Crippen LogP contribution is 2.37. The van der Waals surface area contributed by atoms with E-state index in [4.69, 9.17) is 4.74 Å². The molecule has 0 fully saturated rings. The predicted molar refractivity (Wildman–Crippen MR) is 80.1 cm³/mol. The third-order valence-corrected chi connectivity index (χ3v) is 4.39. The summed E-state index contributed by atoms with van der Waals surface area (Å²) in [6.07, 6.45) is 2.94. The zero-order valence-corrected chi connectivity index (χ0v) is 14.1. The first-order valence-electron chi connectivity index (χ1n) is 6.89. The Balaban J connectivity index is 3.20. The number of hydrogen-bond donors (Lipinski definition) is 1. The molecule has 0 aromatic carbocycles. The van der Waals surface area contributed by atoms with Crippen LogP contribution in [-0.2, 0) is 11.8 Å². The lowest BCUT2D eigenvalue weighted by Gasteiger charge is -2.39. The van der Waals surface area contributed by atoms with E-state index in [0.717, 1.165) is 36.1 Å². The molecule has 1 rings (SSSR count). The molecule has 6 heteroatoms. The molecule has 0 aliphatic rings. The SMILES string of the molecule is CCCNC(c1c(Br)nnn1C)C(CC)(CC)OC. The maximum Gasteiger partial charge on any atom is 0.153 e. The lowest BCUT2D eigenvalue weighted by atomic mass is 9.86. The molecule has 0 bridgehead atoms. The minimum Gasteiger partial charge on any atom is -0.376 e. The van der Waals surface area contributed by atoms with E-state index in [9.17, 15) is 0 Å². The molecule has 110 valence electrons. The Bertz CT molecular complexity index is 362. The molecular formula is C13H25BrN4O. The lowest BCUT2D eigenvalue weighted by molar-refractivity contribution is -0.0506. The van der Waals surface area contributed by atoms with E-state index >= 15 is 0 Å². The minimum absolute atomic E-state index is 0.0711. The summed E-state index contributed by atoms with van der Waals surface area (Å²) in [6.45, 7) is 7.41. The highest BCUT2D eigenvalue weighted by atomic mass is 79.9. The molecule has 0 saturated heterocycles. The van der Waals surface area contributed by atoms with Crippen LogP contribution in [0.1, 0.15) is 51.8 Å². The zero-order chi connectivity index (χ0) is 14.5. The molecule has 0 aliphatic carbocycles. The molecule has 0 spiro atoms. The van der Waals surface area contributed by atoms with Crippen molar-refractivity contribution in [2.24, 2.45) is 7.05 Å². The van der Waals surface area contributed by atoms with Gasteiger partial charge in [-0.3, -0.25) is 0 Å². The zero-order valence-electron chi connectivity index (χ0n) is 12.5. The molecule has 1 aromatic heterocycles. The number of ether oxygens (including phenoxy) is 1. The first-order valence-corrected chi connectivity index (χ1v) is 7.69. The van der Waals surface area contributed by atoms with Crippen LogP contribution in [-0.4, -0.2) is 34.2 Å². The largest absolute Gasteiger partial charge is 0.376 e. The summed E-state index contributed by atoms with van der Waals surface area (Å²) < 4.78 is 8.48. The van der Waals surface area contributed by atoms with Crippen molar-refractivity contribution >= 4 is 15.9 Å². The number of hydrogen-bond acceptors (Lipinski definition) is 4. The smallest absolute Gasteiger partial charge is 0.153 e. The van der Waals surface area contributed by atoms with E-state index < -0.39 is 0 Å². The van der Waals surface area contributed by atoms with Crippen molar-refractivity contribution in [3.05, 3.63) is 10.3 Å². The average Bonchev–Trinajstić information content (AvgIpc) is 2.75. The number of nitrogens with zero attached hydrogens (tertiary/aromatic N) is 3. The van der Waals surface area contributed by atoms with Gasteiger partial charge in [-0.25, -0.2) is 4.68 Å². The molecule has 0 amide bonds. The molecule has 1 N–H and O–H groups in total. The van der Waals surface area contributed by atoms with E-state index in [1.807, 2.05) is 11.7 Å². The number of aromatic nitrogens is 3. The molecule has 1 heterocycles. The monoisotopic (exact) mass is 332 g/mol. The maximum absolute atomic E-state index is 5.88. The van der Waals surface area contributed by atoms with Gasteiger partial charge in [0.05, 0.1) is 17.3 Å². The number of halogens is 1. The van der Waals surface area contributed by atoms with Crippen LogP contribution in [0, 0.1) is 0 Å². The Labute approximate surface area is 124 Å². The summed E-state index contributed by atoms with van der Waals surface area (Å²) in [6, 6.07) is 0.0711. The Hall–Kier alpha value is -0.460. The van der Waals surface area contributed by atoms with Gasteiger partial charge < -0.3 is 10.1 Å². The van der Waals surface area contributed by atoms with E-state index in [1.54, 1.807) is 7.11 Å². The molecule has 0 aliphatic heterocycles. The van der Waals surface area contributed by atoms with E-state index in [0.29, 0.717) is 0 Å². The quantitative estimate of drug-likeness (QED) is 0.795. The van der Waals surface area contributed by atoms with Gasteiger partial charge in [-0.1, -0.05) is 26.0 Å². The van der Waals surface area contributed by atoms with Gasteiger partial charge >= 0.3 is 0 Å². The van der Waals surface area contributed by atoms with Crippen LogP contribution in [0.3, 0.4) is 0 Å². The van der Waals surface area contributed by atoms with E-state index in [2.05, 4.69) is 52.3 Å². The molecule has 1 aromatic rings. The van der Waals surface area contributed by atoms with Gasteiger partial charge in [0, 0.05) is 14.2 Å². The minimum atomic E-state index is -0.243. The number of nitrogens with one attached hydrogen (secondary N) is 1. The van der Waals surface area contributed by atoms with Gasteiger partial charge in [0.15, 0.2) is 4.60 Å². The van der Waals surface area contributed by atoms with Crippen LogP contribution in [0.4, 0.5) is 0 Å². The van der Waals surface area contributed by atoms with Crippen LogP contribution in [0.2, 0.25) is 0 Å². The van der Waals surface area contributed by atoms with Crippen molar-refractivity contribution < 1.29 is 4.74 Å². The number of aryl methyl sites for hydroxylation is 1. The summed E-state index contributed by atoms with van der Waals surface area (Å²) in [5.41, 5.74) is 0.798. The normalized spacial score (nSPS) is 13.8. The topological polar surface area (TPSA) is 52.0 Å². The highest BCUT2D eigenvalue weighted by molar-refractivity contribution is 9.10. The summed E-state index contributed by atoms with van der Waals surface area (Å²) in [7, 11) is 3.70. The van der Waals surface area contributed by atoms with Crippen molar-refractivity contribution in [2.45, 2.75) is 51.7 Å². The van der Waals surface area contributed by atoms with E-state index in [1.165, 1.54) is 0 Å². The Morgan fingerprint density at radius 2 is 2.00 bits per heavy atom. The van der Waals surface area contributed by atoms with Gasteiger partial charge in [-0.15, -0.1) is 5.10 Å². The van der Waals surface area contributed by atoms with Crippen LogP contribution >= 0.6 is 15.9 Å². The Morgan fingerprint density at radius 3 is 2.37 bits per heavy atom. The Kier molecular flexibility index (Phi) is 6.42. The van der Waals surface area contributed by atoms with Gasteiger partial charge in [0.2, 0.25) is 0 Å². The van der Waals surface area contributed by atoms with Crippen LogP contribution < -0.4 is 5.32 Å². The Morgan fingerprint density at radius 1 is 1.37 bits per heavy atom. The fraction of sp³-hybridized carbons (Fsp3) is 0.846. The lowest BCUT2D eigenvalue weighted by Crippen LogP contribution is -2.46. The van der Waals surface area contributed by atoms with Crippen LogP contribution in [0.5, 0.6) is 0 Å². The summed E-state index contributed by atoms with van der Waals surface area (Å²) in [4.78, 5) is 0. The maximum atomic E-state index is 5.88. The molecular weight excluding hydrogens is 308 g/mol. The molecule has 1 atom stereocenters. The summed E-state index contributed by atoms with van der Waals surface area (Å²) in [5, 5.41) is 11.8. The van der Waals surface area contributed by atoms with Gasteiger partial charge in [0.1, 0.15) is 0 Å². The van der Waals surface area contributed by atoms with Gasteiger partial charge in [-0.2, -0.15) is 0 Å². The van der Waals surface area contributed by atoms with Crippen LogP contribution in [0.15, 0.2) is 4.60 Å². The molecule has 0 radical (unpaired) electrons. The first kappa shape index (κ1) is 16.6. The third-order valence-electron chi connectivity index (χ3n) is 3.83. The standard InChI is InChI=1S/C13H25BrN4O/c1-6-9-15-11(13(7-2,8-3)19-5)10-12(14)16-17-18(10)4/h11,15H,6-9H2,1-5H3. The second kappa shape index (κ2) is 7.36. The average molecular weight is 333 g/mol. The fourth-order valence-electron chi connectivity index (χ4n) is 2.53. The summed E-state index contributed by atoms with van der Waals surface area (Å²) in [5.74, 6) is 0. The third kappa shape index (κ3) is 3.35. The molecule has 1 unspecified atom stereocenters. The van der Waals surface area contributed by atoms with Crippen molar-refractivity contribution in [1.82, 2.24) is 20.3 Å². The van der Waals surface area contributed by atoms with Crippen molar-refractivity contribution in [3.63, 3.8) is 0 Å². The van der Waals surface area contributed by atoms with Gasteiger partial charge in [0.25, 0.3) is 0 Å². The molecule has 0 saturated carbocycles. The van der Waals surface area contributed by atoms with Crippen LogP contribution in [0.25, 0.3) is 0 Å². The van der Waals surface area contributed by atoms with E-state index in [-0.39, 0.29) is 11.6 Å². The predicted octanol–water partition coefficient (Wildman–Crippen LogP) is 2.82. The highest BCUT2D eigenvalue weighted by Gasteiger charge is 2.39. The van der Waals surface area contributed by atoms with Gasteiger partial charge in [-0.05, 0) is 41.7 Å². The van der Waals surface area contributed by atoms with Crippen molar-refractivity contribution in [2.75, 3.05) is 13.7 Å². The fourth-order valence-corrected chi connectivity index (χ4v) is 3.09. The molecule has 5 nitrogen and oxygen atoms in total. The number of rotatable bonds is 8.